The molecule has 0 N–H and O–H groups in total. The van der Waals surface area contributed by atoms with Gasteiger partial charge in [-0.05, 0) is 32.1 Å². The maximum Gasteiger partial charge on any atom is 0.278 e. The summed E-state index contributed by atoms with van der Waals surface area (Å²) >= 11 is 0. The third-order valence-electron chi connectivity index (χ3n) is 4.41. The number of amides is 1. The average Bonchev–Trinajstić information content (AvgIpc) is 2.62. The van der Waals surface area contributed by atoms with Crippen molar-refractivity contribution in [2.75, 3.05) is 20.2 Å². The second-order valence-corrected chi connectivity index (χ2v) is 6.02. The van der Waals surface area contributed by atoms with E-state index in [1.54, 1.807) is 19.5 Å². The molecule has 2 heterocycles. The molecule has 0 bridgehead atoms. The molecule has 0 unspecified atom stereocenters. The number of carbonyl (C=O) groups excluding carboxylic acids is 1. The van der Waals surface area contributed by atoms with Gasteiger partial charge in [-0.25, -0.2) is 9.97 Å². The zero-order valence-corrected chi connectivity index (χ0v) is 13.5. The Balaban J connectivity index is 1.61. The van der Waals surface area contributed by atoms with Gasteiger partial charge in [0.2, 0.25) is 5.91 Å². The average molecular weight is 317 g/mol. The Labute approximate surface area is 136 Å². The third-order valence-corrected chi connectivity index (χ3v) is 4.41. The fourth-order valence-corrected chi connectivity index (χ4v) is 3.20. The molecular weight excluding hydrogens is 294 g/mol. The van der Waals surface area contributed by atoms with Crippen molar-refractivity contribution >= 4 is 5.91 Å². The molecule has 2 atom stereocenters. The molecule has 124 valence electrons. The highest BCUT2D eigenvalue weighted by Crippen LogP contribution is 2.26. The highest BCUT2D eigenvalue weighted by Gasteiger charge is 2.30. The van der Waals surface area contributed by atoms with Crippen LogP contribution in [-0.2, 0) is 4.79 Å². The van der Waals surface area contributed by atoms with Gasteiger partial charge in [0.15, 0.2) is 0 Å². The van der Waals surface area contributed by atoms with Crippen LogP contribution in [0.4, 0.5) is 0 Å². The van der Waals surface area contributed by atoms with Crippen molar-refractivity contribution in [3.05, 3.63) is 24.5 Å². The lowest BCUT2D eigenvalue weighted by molar-refractivity contribution is -0.138. The molecule has 2 aliphatic rings. The molecule has 1 aromatic heterocycles. The predicted molar refractivity (Wildman–Crippen MR) is 85.3 cm³/mol. The first-order chi connectivity index (χ1) is 11.3. The van der Waals surface area contributed by atoms with Gasteiger partial charge in [-0.2, -0.15) is 0 Å². The Morgan fingerprint density at radius 2 is 2.04 bits per heavy atom. The Morgan fingerprint density at radius 1 is 1.22 bits per heavy atom. The number of methoxy groups -OCH3 is 1. The van der Waals surface area contributed by atoms with E-state index >= 15 is 0 Å². The number of ether oxygens (including phenoxy) is 2. The van der Waals surface area contributed by atoms with Crippen LogP contribution in [-0.4, -0.2) is 47.1 Å². The fourth-order valence-electron chi connectivity index (χ4n) is 3.20. The van der Waals surface area contributed by atoms with Crippen LogP contribution in [0, 0.1) is 5.92 Å². The van der Waals surface area contributed by atoms with Crippen LogP contribution in [0.1, 0.15) is 32.1 Å². The highest BCUT2D eigenvalue weighted by molar-refractivity contribution is 5.79. The lowest BCUT2D eigenvalue weighted by Gasteiger charge is -2.35. The van der Waals surface area contributed by atoms with Gasteiger partial charge in [-0.1, -0.05) is 12.2 Å². The van der Waals surface area contributed by atoms with Gasteiger partial charge in [0, 0.05) is 24.9 Å². The van der Waals surface area contributed by atoms with Gasteiger partial charge < -0.3 is 14.4 Å². The molecule has 0 aromatic carbocycles. The van der Waals surface area contributed by atoms with Crippen LogP contribution in [0.3, 0.4) is 0 Å². The summed E-state index contributed by atoms with van der Waals surface area (Å²) in [5, 5.41) is 0. The van der Waals surface area contributed by atoms with Crippen molar-refractivity contribution in [2.24, 2.45) is 5.92 Å². The van der Waals surface area contributed by atoms with Crippen molar-refractivity contribution in [3.8, 4) is 11.8 Å². The van der Waals surface area contributed by atoms with Gasteiger partial charge >= 0.3 is 0 Å². The Morgan fingerprint density at radius 3 is 2.78 bits per heavy atom. The number of allylic oxidation sites excluding steroid dienone is 2. The zero-order chi connectivity index (χ0) is 16.1. The van der Waals surface area contributed by atoms with E-state index in [0.29, 0.717) is 18.3 Å². The molecule has 0 radical (unpaired) electrons. The highest BCUT2D eigenvalue weighted by atomic mass is 16.5. The molecule has 1 aliphatic carbocycles. The summed E-state index contributed by atoms with van der Waals surface area (Å²) in [5.74, 6) is 1.17. The van der Waals surface area contributed by atoms with Crippen molar-refractivity contribution < 1.29 is 14.3 Å². The minimum atomic E-state index is -0.0579. The Hall–Kier alpha value is -2.11. The molecule has 1 aromatic rings. The van der Waals surface area contributed by atoms with Crippen LogP contribution < -0.4 is 9.47 Å². The quantitative estimate of drug-likeness (QED) is 0.797. The lowest BCUT2D eigenvalue weighted by Crippen LogP contribution is -2.46. The van der Waals surface area contributed by atoms with Crippen LogP contribution in [0.25, 0.3) is 0 Å². The molecule has 0 saturated carbocycles. The summed E-state index contributed by atoms with van der Waals surface area (Å²) in [7, 11) is 1.55. The molecule has 1 saturated heterocycles. The van der Waals surface area contributed by atoms with E-state index < -0.39 is 0 Å². The van der Waals surface area contributed by atoms with Crippen molar-refractivity contribution in [1.29, 1.82) is 0 Å². The number of hydrogen-bond donors (Lipinski definition) is 0. The summed E-state index contributed by atoms with van der Waals surface area (Å²) < 4.78 is 11.1. The van der Waals surface area contributed by atoms with Gasteiger partial charge in [0.1, 0.15) is 6.10 Å². The summed E-state index contributed by atoms with van der Waals surface area (Å²) in [6.45, 7) is 1.43. The third kappa shape index (κ3) is 3.81. The van der Waals surface area contributed by atoms with Crippen LogP contribution in [0.15, 0.2) is 24.5 Å². The standard InChI is InChI=1S/C17H23N3O3/c1-22-15-16(19-10-9-18-15)23-14-8-5-11-20(12-14)17(21)13-6-3-2-4-7-13/h2-3,9-10,13-14H,4-8,11-12H2,1H3/t13-,14+/m1/s1. The van der Waals surface area contributed by atoms with Gasteiger partial charge in [-0.3, -0.25) is 4.79 Å². The first-order valence-electron chi connectivity index (χ1n) is 8.23. The summed E-state index contributed by atoms with van der Waals surface area (Å²) in [5.41, 5.74) is 0. The first-order valence-corrected chi connectivity index (χ1v) is 8.23. The monoisotopic (exact) mass is 317 g/mol. The SMILES string of the molecule is COc1nccnc1O[C@H]1CCCN(C(=O)[C@@H]2CC=CCC2)C1. The van der Waals surface area contributed by atoms with E-state index in [4.69, 9.17) is 9.47 Å². The molecule has 6 nitrogen and oxygen atoms in total. The number of hydrogen-bond acceptors (Lipinski definition) is 5. The summed E-state index contributed by atoms with van der Waals surface area (Å²) in [4.78, 5) is 22.9. The number of aromatic nitrogens is 2. The van der Waals surface area contributed by atoms with Gasteiger partial charge in [0.25, 0.3) is 11.8 Å². The summed E-state index contributed by atoms with van der Waals surface area (Å²) in [6.07, 6.45) is 12.0. The van der Waals surface area contributed by atoms with Crippen molar-refractivity contribution in [1.82, 2.24) is 14.9 Å². The molecule has 6 heteroatoms. The molecule has 1 aliphatic heterocycles. The second-order valence-electron chi connectivity index (χ2n) is 6.02. The minimum absolute atomic E-state index is 0.0579. The maximum atomic E-state index is 12.7. The van der Waals surface area contributed by atoms with Gasteiger partial charge in [-0.15, -0.1) is 0 Å². The normalized spacial score (nSPS) is 24.3. The van der Waals surface area contributed by atoms with E-state index in [1.165, 1.54) is 0 Å². The molecule has 23 heavy (non-hydrogen) atoms. The largest absolute Gasteiger partial charge is 0.477 e. The fraction of sp³-hybridized carbons (Fsp3) is 0.588. The van der Waals surface area contributed by atoms with E-state index in [1.807, 2.05) is 4.90 Å². The molecule has 0 spiro atoms. The number of likely N-dealkylation sites (tertiary alicyclic amines) is 1. The predicted octanol–water partition coefficient (Wildman–Crippen LogP) is 2.21. The Kier molecular flexibility index (Phi) is 5.10. The number of carbonyl (C=O) groups is 1. The topological polar surface area (TPSA) is 64.6 Å². The van der Waals surface area contributed by atoms with Gasteiger partial charge in [0.05, 0.1) is 13.7 Å². The number of piperidine rings is 1. The maximum absolute atomic E-state index is 12.7. The summed E-state index contributed by atoms with van der Waals surface area (Å²) in [6, 6.07) is 0. The molecular formula is C17H23N3O3. The number of nitrogens with zero attached hydrogens (tertiary/aromatic N) is 3. The number of rotatable bonds is 4. The van der Waals surface area contributed by atoms with Crippen LogP contribution >= 0.6 is 0 Å². The van der Waals surface area contributed by atoms with Crippen molar-refractivity contribution in [2.45, 2.75) is 38.2 Å². The van der Waals surface area contributed by atoms with E-state index in [9.17, 15) is 4.79 Å². The Bertz CT molecular complexity index is 576. The zero-order valence-electron chi connectivity index (χ0n) is 13.5. The van der Waals surface area contributed by atoms with Crippen molar-refractivity contribution in [3.63, 3.8) is 0 Å². The van der Waals surface area contributed by atoms with E-state index in [2.05, 4.69) is 22.1 Å². The van der Waals surface area contributed by atoms with Crippen LogP contribution in [0.5, 0.6) is 11.8 Å². The van der Waals surface area contributed by atoms with E-state index in [0.717, 1.165) is 38.6 Å². The second kappa shape index (κ2) is 7.44. The first kappa shape index (κ1) is 15.8. The van der Waals surface area contributed by atoms with E-state index in [-0.39, 0.29) is 17.9 Å². The molecule has 1 fully saturated rings. The minimum Gasteiger partial charge on any atom is -0.477 e. The van der Waals surface area contributed by atoms with Crippen LogP contribution in [0.2, 0.25) is 0 Å². The molecule has 1 amide bonds. The smallest absolute Gasteiger partial charge is 0.278 e. The molecule has 3 rings (SSSR count). The lowest BCUT2D eigenvalue weighted by atomic mass is 9.92.